The molecule has 0 aliphatic heterocycles. The molecule has 2 aromatic carbocycles. The fraction of sp³-hybridized carbons (Fsp3) is 0.0400. The Labute approximate surface area is 205 Å². The Morgan fingerprint density at radius 3 is 2.72 bits per heavy atom. The second-order valence-corrected chi connectivity index (χ2v) is 7.84. The molecule has 11 nitrogen and oxygen atoms in total. The molecule has 0 unspecified atom stereocenters. The van der Waals surface area contributed by atoms with Crippen LogP contribution in [0.1, 0.15) is 10.5 Å². The number of aromatic nitrogens is 5. The maximum absolute atomic E-state index is 12.6. The van der Waals surface area contributed by atoms with Crippen molar-refractivity contribution in [2.24, 2.45) is 11.5 Å². The van der Waals surface area contributed by atoms with Crippen molar-refractivity contribution in [2.45, 2.75) is 0 Å². The summed E-state index contributed by atoms with van der Waals surface area (Å²) in [6, 6.07) is 15.0. The zero-order valence-corrected chi connectivity index (χ0v) is 19.2. The zero-order chi connectivity index (χ0) is 25.1. The van der Waals surface area contributed by atoms with Gasteiger partial charge < -0.3 is 31.8 Å². The molecule has 11 heteroatoms. The van der Waals surface area contributed by atoms with Crippen molar-refractivity contribution in [3.63, 3.8) is 0 Å². The van der Waals surface area contributed by atoms with Crippen molar-refractivity contribution in [1.82, 2.24) is 30.5 Å². The van der Waals surface area contributed by atoms with E-state index < -0.39 is 0 Å². The normalized spacial score (nSPS) is 11.9. The predicted octanol–water partition coefficient (Wildman–Crippen LogP) is 3.26. The van der Waals surface area contributed by atoms with Crippen LogP contribution in [0.3, 0.4) is 0 Å². The molecule has 5 aromatic rings. The molecular formula is C25H23N9O2. The van der Waals surface area contributed by atoms with Gasteiger partial charge in [0, 0.05) is 39.8 Å². The number of fused-ring (bicyclic) bond motifs is 2. The van der Waals surface area contributed by atoms with Crippen LogP contribution in [0, 0.1) is 0 Å². The van der Waals surface area contributed by atoms with E-state index in [1.165, 1.54) is 18.5 Å². The number of allylic oxidation sites excluding steroid dienone is 1. The first-order valence-electron chi connectivity index (χ1n) is 10.9. The SMILES string of the molecule is COc1cc(Nc2ccc3[nH]ncc3c2)nc(-c2ccc3cc(C(=O)NC(/C=C\N)=C/N)[nH]c3c2)n1. The average Bonchev–Trinajstić information content (AvgIpc) is 3.54. The van der Waals surface area contributed by atoms with Gasteiger partial charge in [0.15, 0.2) is 5.82 Å². The number of nitrogens with two attached hydrogens (primary N) is 2. The van der Waals surface area contributed by atoms with Gasteiger partial charge in [0.25, 0.3) is 5.91 Å². The highest BCUT2D eigenvalue weighted by Gasteiger charge is 2.13. The van der Waals surface area contributed by atoms with E-state index in [2.05, 4.69) is 35.8 Å². The summed E-state index contributed by atoms with van der Waals surface area (Å²) in [6.07, 6.45) is 5.82. The Kier molecular flexibility index (Phi) is 5.93. The second-order valence-electron chi connectivity index (χ2n) is 7.84. The summed E-state index contributed by atoms with van der Waals surface area (Å²) in [5.41, 5.74) is 14.9. The van der Waals surface area contributed by atoms with Gasteiger partial charge in [-0.3, -0.25) is 9.89 Å². The highest BCUT2D eigenvalue weighted by atomic mass is 16.5. The maximum Gasteiger partial charge on any atom is 0.272 e. The Balaban J connectivity index is 1.44. The van der Waals surface area contributed by atoms with E-state index >= 15 is 0 Å². The molecule has 3 aromatic heterocycles. The lowest BCUT2D eigenvalue weighted by Crippen LogP contribution is -2.23. The number of rotatable bonds is 7. The molecule has 5 rings (SSSR count). The molecule has 180 valence electrons. The van der Waals surface area contributed by atoms with Crippen LogP contribution in [0.15, 0.2) is 78.9 Å². The van der Waals surface area contributed by atoms with Crippen LogP contribution < -0.4 is 26.8 Å². The first-order chi connectivity index (χ1) is 17.6. The lowest BCUT2D eigenvalue weighted by molar-refractivity contribution is 0.0963. The summed E-state index contributed by atoms with van der Waals surface area (Å²) in [5.74, 6) is 1.10. The van der Waals surface area contributed by atoms with E-state index in [4.69, 9.17) is 16.2 Å². The molecule has 0 fully saturated rings. The van der Waals surface area contributed by atoms with Crippen LogP contribution in [0.2, 0.25) is 0 Å². The molecule has 36 heavy (non-hydrogen) atoms. The molecule has 0 spiro atoms. The Morgan fingerprint density at radius 1 is 1.03 bits per heavy atom. The van der Waals surface area contributed by atoms with Crippen LogP contribution in [0.5, 0.6) is 5.88 Å². The first-order valence-corrected chi connectivity index (χ1v) is 10.9. The Morgan fingerprint density at radius 2 is 1.92 bits per heavy atom. The molecule has 3 heterocycles. The Bertz CT molecular complexity index is 1630. The third-order valence-corrected chi connectivity index (χ3v) is 5.46. The van der Waals surface area contributed by atoms with E-state index in [1.54, 1.807) is 25.4 Å². The highest BCUT2D eigenvalue weighted by molar-refractivity contribution is 5.99. The van der Waals surface area contributed by atoms with Gasteiger partial charge in [0.2, 0.25) is 5.88 Å². The highest BCUT2D eigenvalue weighted by Crippen LogP contribution is 2.27. The van der Waals surface area contributed by atoms with Crippen molar-refractivity contribution in [3.05, 3.63) is 84.6 Å². The van der Waals surface area contributed by atoms with Crippen molar-refractivity contribution in [1.29, 1.82) is 0 Å². The number of anilines is 2. The first kappa shape index (κ1) is 22.5. The third-order valence-electron chi connectivity index (χ3n) is 5.46. The standard InChI is InChI=1S/C25H23N9O2/c1-36-23-11-22(29-17-4-5-19-16(8-17)13-28-34-19)32-24(33-23)15-3-2-14-9-21(31-20(14)10-15)25(35)30-18(12-27)6-7-26/h2-13,31H,26-27H2,1H3,(H,28,34)(H,30,35)(H,29,32,33)/b7-6-,18-12+. The molecule has 1 amide bonds. The second kappa shape index (κ2) is 9.50. The molecule has 0 saturated carbocycles. The minimum Gasteiger partial charge on any atom is -0.481 e. The summed E-state index contributed by atoms with van der Waals surface area (Å²) in [4.78, 5) is 24.9. The third kappa shape index (κ3) is 4.53. The summed E-state index contributed by atoms with van der Waals surface area (Å²) in [5, 5.41) is 14.8. The van der Waals surface area contributed by atoms with Gasteiger partial charge >= 0.3 is 0 Å². The van der Waals surface area contributed by atoms with E-state index in [9.17, 15) is 4.79 Å². The van der Waals surface area contributed by atoms with Crippen LogP contribution >= 0.6 is 0 Å². The van der Waals surface area contributed by atoms with Gasteiger partial charge in [0.1, 0.15) is 11.5 Å². The minimum absolute atomic E-state index is 0.346. The van der Waals surface area contributed by atoms with E-state index in [-0.39, 0.29) is 5.91 Å². The zero-order valence-electron chi connectivity index (χ0n) is 19.2. The van der Waals surface area contributed by atoms with Gasteiger partial charge in [-0.15, -0.1) is 0 Å². The lowest BCUT2D eigenvalue weighted by atomic mass is 10.1. The van der Waals surface area contributed by atoms with Gasteiger partial charge in [0.05, 0.1) is 24.5 Å². The largest absolute Gasteiger partial charge is 0.481 e. The number of H-pyrrole nitrogens is 2. The van der Waals surface area contributed by atoms with Gasteiger partial charge in [-0.25, -0.2) is 4.98 Å². The summed E-state index contributed by atoms with van der Waals surface area (Å²) in [7, 11) is 1.55. The lowest BCUT2D eigenvalue weighted by Gasteiger charge is -2.10. The van der Waals surface area contributed by atoms with Gasteiger partial charge in [-0.05, 0) is 42.6 Å². The van der Waals surface area contributed by atoms with Crippen LogP contribution in [-0.4, -0.2) is 38.2 Å². The number of carbonyl (C=O) groups excluding carboxylic acids is 1. The van der Waals surface area contributed by atoms with E-state index in [1.807, 2.05) is 36.4 Å². The van der Waals surface area contributed by atoms with Gasteiger partial charge in [-0.2, -0.15) is 10.1 Å². The summed E-state index contributed by atoms with van der Waals surface area (Å²) >= 11 is 0. The number of benzene rings is 2. The predicted molar refractivity (Wildman–Crippen MR) is 138 cm³/mol. The number of hydrogen-bond donors (Lipinski definition) is 6. The number of nitrogens with one attached hydrogen (secondary N) is 4. The molecule has 0 atom stereocenters. The van der Waals surface area contributed by atoms with Crippen LogP contribution in [0.4, 0.5) is 11.5 Å². The van der Waals surface area contributed by atoms with E-state index in [0.29, 0.717) is 28.9 Å². The quantitative estimate of drug-likeness (QED) is 0.192. The molecule has 0 bridgehead atoms. The number of carbonyl (C=O) groups is 1. The number of methoxy groups -OCH3 is 1. The summed E-state index contributed by atoms with van der Waals surface area (Å²) in [6.45, 7) is 0. The molecule has 8 N–H and O–H groups in total. The Hall–Kier alpha value is -5.32. The number of aromatic amines is 2. The van der Waals surface area contributed by atoms with Crippen molar-refractivity contribution < 1.29 is 9.53 Å². The molecule has 0 saturated heterocycles. The van der Waals surface area contributed by atoms with Crippen molar-refractivity contribution >= 4 is 39.2 Å². The molecule has 0 aliphatic rings. The minimum atomic E-state index is -0.346. The fourth-order valence-electron chi connectivity index (χ4n) is 3.72. The molecule has 0 radical (unpaired) electrons. The number of hydrogen-bond acceptors (Lipinski definition) is 8. The van der Waals surface area contributed by atoms with Crippen LogP contribution in [-0.2, 0) is 0 Å². The number of nitrogens with zero attached hydrogens (tertiary/aromatic N) is 3. The molecular weight excluding hydrogens is 458 g/mol. The van der Waals surface area contributed by atoms with E-state index in [0.717, 1.165) is 33.1 Å². The van der Waals surface area contributed by atoms with Crippen molar-refractivity contribution in [2.75, 3.05) is 12.4 Å². The van der Waals surface area contributed by atoms with Crippen LogP contribution in [0.25, 0.3) is 33.2 Å². The monoisotopic (exact) mass is 481 g/mol. The number of amides is 1. The van der Waals surface area contributed by atoms with Gasteiger partial charge in [-0.1, -0.05) is 12.1 Å². The van der Waals surface area contributed by atoms with Crippen molar-refractivity contribution in [3.8, 4) is 17.3 Å². The maximum atomic E-state index is 12.6. The average molecular weight is 482 g/mol. The molecule has 0 aliphatic carbocycles. The number of ether oxygens (including phenoxy) is 1. The smallest absolute Gasteiger partial charge is 0.272 e. The summed E-state index contributed by atoms with van der Waals surface area (Å²) < 4.78 is 5.41. The fourth-order valence-corrected chi connectivity index (χ4v) is 3.72. The topological polar surface area (TPSA) is 173 Å².